The Labute approximate surface area is 88.1 Å². The summed E-state index contributed by atoms with van der Waals surface area (Å²) in [7, 11) is 0. The van der Waals surface area contributed by atoms with E-state index in [0.717, 1.165) is 23.3 Å². The summed E-state index contributed by atoms with van der Waals surface area (Å²) in [4.78, 5) is 4.30. The topological polar surface area (TPSA) is 24.9 Å². The molecule has 0 atom stereocenters. The Balaban J connectivity index is 2.68. The summed E-state index contributed by atoms with van der Waals surface area (Å²) >= 11 is 0. The lowest BCUT2D eigenvalue weighted by Gasteiger charge is -2.08. The van der Waals surface area contributed by atoms with Crippen molar-refractivity contribution in [2.75, 3.05) is 11.9 Å². The summed E-state index contributed by atoms with van der Waals surface area (Å²) in [5.41, 5.74) is 2.61. The number of hydrogen-bond acceptors (Lipinski definition) is 2. The molecule has 0 amide bonds. The number of fused-ring (bicyclic) bond motifs is 1. The van der Waals surface area contributed by atoms with Crippen molar-refractivity contribution in [2.45, 2.75) is 13.8 Å². The maximum atomic E-state index is 13.0. The second-order valence-corrected chi connectivity index (χ2v) is 3.50. The van der Waals surface area contributed by atoms with E-state index in [1.54, 1.807) is 6.07 Å². The van der Waals surface area contributed by atoms with E-state index in [-0.39, 0.29) is 5.82 Å². The molecule has 2 rings (SSSR count). The fourth-order valence-electron chi connectivity index (χ4n) is 1.67. The number of anilines is 1. The van der Waals surface area contributed by atoms with Crippen molar-refractivity contribution in [2.24, 2.45) is 0 Å². The van der Waals surface area contributed by atoms with E-state index in [1.807, 2.05) is 19.9 Å². The quantitative estimate of drug-likeness (QED) is 0.813. The number of benzene rings is 1. The lowest BCUT2D eigenvalue weighted by Crippen LogP contribution is -1.99. The highest BCUT2D eigenvalue weighted by Crippen LogP contribution is 2.23. The molecule has 1 aromatic heterocycles. The zero-order chi connectivity index (χ0) is 10.8. The number of rotatable bonds is 2. The van der Waals surface area contributed by atoms with Gasteiger partial charge in [0, 0.05) is 29.4 Å². The molecular formula is C12H13FN2. The molecule has 1 N–H and O–H groups in total. The minimum Gasteiger partial charge on any atom is -0.385 e. The molecular weight excluding hydrogens is 191 g/mol. The third-order valence-corrected chi connectivity index (χ3v) is 2.27. The molecule has 0 saturated carbocycles. The normalized spacial score (nSPS) is 10.6. The Morgan fingerprint density at radius 3 is 2.87 bits per heavy atom. The number of nitrogens with zero attached hydrogens (tertiary/aromatic N) is 1. The summed E-state index contributed by atoms with van der Waals surface area (Å²) in [6.07, 6.45) is 0. The fraction of sp³-hybridized carbons (Fsp3) is 0.250. The zero-order valence-electron chi connectivity index (χ0n) is 8.84. The summed E-state index contributed by atoms with van der Waals surface area (Å²) in [6.45, 7) is 4.78. The summed E-state index contributed by atoms with van der Waals surface area (Å²) in [5.74, 6) is -0.247. The van der Waals surface area contributed by atoms with Gasteiger partial charge in [-0.3, -0.25) is 4.98 Å². The third kappa shape index (κ3) is 1.91. The van der Waals surface area contributed by atoms with Crippen molar-refractivity contribution in [1.29, 1.82) is 0 Å². The van der Waals surface area contributed by atoms with Gasteiger partial charge < -0.3 is 5.32 Å². The van der Waals surface area contributed by atoms with Crippen LogP contribution in [0.2, 0.25) is 0 Å². The summed E-state index contributed by atoms with van der Waals surface area (Å²) < 4.78 is 13.0. The largest absolute Gasteiger partial charge is 0.385 e. The van der Waals surface area contributed by atoms with Crippen molar-refractivity contribution in [3.8, 4) is 0 Å². The van der Waals surface area contributed by atoms with Gasteiger partial charge in [-0.05, 0) is 32.0 Å². The molecule has 0 unspecified atom stereocenters. The zero-order valence-corrected chi connectivity index (χ0v) is 8.84. The highest BCUT2D eigenvalue weighted by Gasteiger charge is 2.03. The van der Waals surface area contributed by atoms with Crippen LogP contribution in [0.15, 0.2) is 24.3 Å². The Kier molecular flexibility index (Phi) is 2.54. The van der Waals surface area contributed by atoms with Gasteiger partial charge in [-0.25, -0.2) is 4.39 Å². The average molecular weight is 204 g/mol. The molecule has 0 aliphatic heterocycles. The second-order valence-electron chi connectivity index (χ2n) is 3.50. The van der Waals surface area contributed by atoms with Crippen molar-refractivity contribution < 1.29 is 4.39 Å². The smallest absolute Gasteiger partial charge is 0.125 e. The van der Waals surface area contributed by atoms with E-state index >= 15 is 0 Å². The number of hydrogen-bond donors (Lipinski definition) is 1. The van der Waals surface area contributed by atoms with Crippen LogP contribution < -0.4 is 5.32 Å². The van der Waals surface area contributed by atoms with Crippen LogP contribution >= 0.6 is 0 Å². The Bertz CT molecular complexity index is 489. The maximum absolute atomic E-state index is 13.0. The molecule has 2 aromatic rings. The lowest BCUT2D eigenvalue weighted by atomic mass is 10.1. The van der Waals surface area contributed by atoms with Gasteiger partial charge in [-0.2, -0.15) is 0 Å². The third-order valence-electron chi connectivity index (χ3n) is 2.27. The van der Waals surface area contributed by atoms with Gasteiger partial charge in [0.25, 0.3) is 0 Å². The summed E-state index contributed by atoms with van der Waals surface area (Å²) in [5, 5.41) is 4.21. The van der Waals surface area contributed by atoms with Gasteiger partial charge in [0.05, 0.1) is 5.52 Å². The van der Waals surface area contributed by atoms with Crippen LogP contribution in [0.4, 0.5) is 10.1 Å². The van der Waals surface area contributed by atoms with Crippen molar-refractivity contribution in [1.82, 2.24) is 4.98 Å². The van der Waals surface area contributed by atoms with E-state index in [1.165, 1.54) is 12.1 Å². The maximum Gasteiger partial charge on any atom is 0.125 e. The van der Waals surface area contributed by atoms with Crippen molar-refractivity contribution >= 4 is 16.6 Å². The van der Waals surface area contributed by atoms with Gasteiger partial charge in [0.15, 0.2) is 0 Å². The predicted octanol–water partition coefficient (Wildman–Crippen LogP) is 3.11. The molecule has 3 heteroatoms. The van der Waals surface area contributed by atoms with Gasteiger partial charge in [-0.1, -0.05) is 0 Å². The minimum absolute atomic E-state index is 0.247. The predicted molar refractivity (Wildman–Crippen MR) is 60.6 cm³/mol. The fourth-order valence-corrected chi connectivity index (χ4v) is 1.67. The number of aryl methyl sites for hydroxylation is 1. The molecule has 0 aliphatic carbocycles. The van der Waals surface area contributed by atoms with Gasteiger partial charge in [0.1, 0.15) is 5.82 Å². The highest BCUT2D eigenvalue weighted by molar-refractivity contribution is 5.91. The standard InChI is InChI=1S/C12H13FN2/c1-3-14-11-6-8(2)15-12-7-9(13)4-5-10(11)12/h4-7H,3H2,1-2H3,(H,14,15). The monoisotopic (exact) mass is 204 g/mol. The van der Waals surface area contributed by atoms with Gasteiger partial charge in [0.2, 0.25) is 0 Å². The van der Waals surface area contributed by atoms with E-state index in [4.69, 9.17) is 0 Å². The Morgan fingerprint density at radius 1 is 1.33 bits per heavy atom. The second kappa shape index (κ2) is 3.85. The average Bonchev–Trinajstić information content (AvgIpc) is 2.17. The van der Waals surface area contributed by atoms with Crippen LogP contribution in [0.1, 0.15) is 12.6 Å². The van der Waals surface area contributed by atoms with E-state index in [0.29, 0.717) is 5.52 Å². The first-order valence-electron chi connectivity index (χ1n) is 5.01. The summed E-state index contributed by atoms with van der Waals surface area (Å²) in [6, 6.07) is 6.65. The first-order valence-corrected chi connectivity index (χ1v) is 5.01. The number of aromatic nitrogens is 1. The molecule has 1 aromatic carbocycles. The molecule has 0 saturated heterocycles. The van der Waals surface area contributed by atoms with E-state index < -0.39 is 0 Å². The van der Waals surface area contributed by atoms with Crippen LogP contribution in [-0.4, -0.2) is 11.5 Å². The number of halogens is 1. The van der Waals surface area contributed by atoms with Crippen LogP contribution in [-0.2, 0) is 0 Å². The molecule has 0 fully saturated rings. The minimum atomic E-state index is -0.247. The number of nitrogens with one attached hydrogen (secondary N) is 1. The van der Waals surface area contributed by atoms with Crippen LogP contribution in [0.3, 0.4) is 0 Å². The highest BCUT2D eigenvalue weighted by atomic mass is 19.1. The lowest BCUT2D eigenvalue weighted by molar-refractivity contribution is 0.629. The number of pyridine rings is 1. The SMILES string of the molecule is CCNc1cc(C)nc2cc(F)ccc12. The molecule has 78 valence electrons. The molecule has 0 aliphatic rings. The molecule has 2 nitrogen and oxygen atoms in total. The van der Waals surface area contributed by atoms with Gasteiger partial charge in [-0.15, -0.1) is 0 Å². The van der Waals surface area contributed by atoms with E-state index in [2.05, 4.69) is 10.3 Å². The van der Waals surface area contributed by atoms with Crippen LogP contribution in [0.5, 0.6) is 0 Å². The van der Waals surface area contributed by atoms with Crippen molar-refractivity contribution in [3.05, 3.63) is 35.8 Å². The van der Waals surface area contributed by atoms with Crippen LogP contribution in [0.25, 0.3) is 10.9 Å². The molecule has 0 spiro atoms. The van der Waals surface area contributed by atoms with Crippen molar-refractivity contribution in [3.63, 3.8) is 0 Å². The molecule has 1 heterocycles. The first-order chi connectivity index (χ1) is 7.20. The van der Waals surface area contributed by atoms with Gasteiger partial charge >= 0.3 is 0 Å². The Morgan fingerprint density at radius 2 is 2.13 bits per heavy atom. The molecule has 15 heavy (non-hydrogen) atoms. The molecule has 0 radical (unpaired) electrons. The first kappa shape index (κ1) is 9.90. The van der Waals surface area contributed by atoms with Crippen LogP contribution in [0, 0.1) is 12.7 Å². The molecule has 0 bridgehead atoms. The van der Waals surface area contributed by atoms with E-state index in [9.17, 15) is 4.39 Å². The Hall–Kier alpha value is -1.64.